The number of carbonyl (C=O) groups excluding carboxylic acids is 2. The Morgan fingerprint density at radius 1 is 0.938 bits per heavy atom. The highest BCUT2D eigenvalue weighted by atomic mass is 79.9. The summed E-state index contributed by atoms with van der Waals surface area (Å²) in [5.41, 5.74) is 5.23. The van der Waals surface area contributed by atoms with Gasteiger partial charge in [0.1, 0.15) is 0 Å². The molecule has 0 atom stereocenters. The first-order valence-electron chi connectivity index (χ1n) is 10.1. The van der Waals surface area contributed by atoms with Crippen molar-refractivity contribution in [2.45, 2.75) is 13.8 Å². The van der Waals surface area contributed by atoms with Crippen LogP contribution in [0.3, 0.4) is 0 Å². The monoisotopic (exact) mass is 488 g/mol. The van der Waals surface area contributed by atoms with Crippen molar-refractivity contribution in [2.75, 3.05) is 11.9 Å². The number of nitrogens with one attached hydrogen (secondary N) is 1. The van der Waals surface area contributed by atoms with Crippen molar-refractivity contribution in [3.05, 3.63) is 94.0 Å². The number of aromatic nitrogens is 1. The highest BCUT2D eigenvalue weighted by molar-refractivity contribution is 9.10. The Labute approximate surface area is 194 Å². The van der Waals surface area contributed by atoms with Crippen LogP contribution in [0.15, 0.2) is 77.3 Å². The smallest absolute Gasteiger partial charge is 0.339 e. The fraction of sp³-hybridized carbons (Fsp3) is 0.115. The van der Waals surface area contributed by atoms with E-state index < -0.39 is 11.9 Å². The molecule has 1 heterocycles. The number of pyridine rings is 1. The number of halogens is 1. The van der Waals surface area contributed by atoms with Crippen LogP contribution in [-0.4, -0.2) is 23.5 Å². The molecule has 0 saturated carbocycles. The second kappa shape index (κ2) is 9.32. The Hall–Kier alpha value is -3.51. The van der Waals surface area contributed by atoms with E-state index in [1.807, 2.05) is 74.5 Å². The Kier molecular flexibility index (Phi) is 6.32. The van der Waals surface area contributed by atoms with Gasteiger partial charge in [0, 0.05) is 21.1 Å². The van der Waals surface area contributed by atoms with E-state index in [1.165, 1.54) is 0 Å². The van der Waals surface area contributed by atoms with Crippen LogP contribution in [0.5, 0.6) is 0 Å². The van der Waals surface area contributed by atoms with Gasteiger partial charge in [-0.2, -0.15) is 0 Å². The fourth-order valence-corrected chi connectivity index (χ4v) is 3.76. The van der Waals surface area contributed by atoms with Gasteiger partial charge < -0.3 is 10.1 Å². The largest absolute Gasteiger partial charge is 0.452 e. The van der Waals surface area contributed by atoms with E-state index in [0.29, 0.717) is 27.7 Å². The molecule has 0 fully saturated rings. The number of para-hydroxylation sites is 1. The number of amides is 1. The molecule has 4 aromatic rings. The van der Waals surface area contributed by atoms with Gasteiger partial charge in [0.15, 0.2) is 6.61 Å². The van der Waals surface area contributed by atoms with Crippen molar-refractivity contribution >= 4 is 44.4 Å². The summed E-state index contributed by atoms with van der Waals surface area (Å²) in [5.74, 6) is -0.962. The summed E-state index contributed by atoms with van der Waals surface area (Å²) >= 11 is 3.35. The molecule has 160 valence electrons. The molecule has 0 aliphatic rings. The molecule has 4 rings (SSSR count). The number of hydrogen-bond donors (Lipinski definition) is 1. The molecule has 0 aliphatic heterocycles. The Morgan fingerprint density at radius 3 is 2.34 bits per heavy atom. The maximum atomic E-state index is 13.1. The van der Waals surface area contributed by atoms with E-state index in [0.717, 1.165) is 21.3 Å². The molecule has 0 radical (unpaired) electrons. The third-order valence-corrected chi connectivity index (χ3v) is 5.66. The van der Waals surface area contributed by atoms with Crippen LogP contribution >= 0.6 is 15.9 Å². The number of aryl methyl sites for hydroxylation is 1. The van der Waals surface area contributed by atoms with Crippen LogP contribution in [0.1, 0.15) is 21.5 Å². The van der Waals surface area contributed by atoms with E-state index in [-0.39, 0.29) is 6.61 Å². The normalized spacial score (nSPS) is 10.7. The summed E-state index contributed by atoms with van der Waals surface area (Å²) in [6, 6.07) is 22.6. The lowest BCUT2D eigenvalue weighted by Gasteiger charge is -2.14. The molecule has 0 saturated heterocycles. The first kappa shape index (κ1) is 21.7. The number of hydrogen-bond acceptors (Lipinski definition) is 4. The van der Waals surface area contributed by atoms with E-state index in [4.69, 9.17) is 9.72 Å². The summed E-state index contributed by atoms with van der Waals surface area (Å²) in [5, 5.41) is 3.41. The lowest BCUT2D eigenvalue weighted by Crippen LogP contribution is -2.21. The maximum Gasteiger partial charge on any atom is 0.339 e. The molecule has 1 aromatic heterocycles. The minimum absolute atomic E-state index is 0.384. The molecule has 1 amide bonds. The molecule has 0 bridgehead atoms. The minimum atomic E-state index is -0.555. The average molecular weight is 489 g/mol. The highest BCUT2D eigenvalue weighted by Crippen LogP contribution is 2.30. The number of esters is 1. The number of nitrogens with zero attached hydrogens (tertiary/aromatic N) is 1. The number of carbonyl (C=O) groups is 2. The summed E-state index contributed by atoms with van der Waals surface area (Å²) in [6.07, 6.45) is 0. The second-order valence-electron chi connectivity index (χ2n) is 7.47. The van der Waals surface area contributed by atoms with Crippen LogP contribution in [0.2, 0.25) is 0 Å². The van der Waals surface area contributed by atoms with Crippen LogP contribution in [-0.2, 0) is 9.53 Å². The maximum absolute atomic E-state index is 13.1. The highest BCUT2D eigenvalue weighted by Gasteiger charge is 2.21. The van der Waals surface area contributed by atoms with Gasteiger partial charge in [-0.3, -0.25) is 4.79 Å². The van der Waals surface area contributed by atoms with Crippen molar-refractivity contribution in [1.29, 1.82) is 0 Å². The summed E-state index contributed by atoms with van der Waals surface area (Å²) in [6.45, 7) is 3.49. The zero-order chi connectivity index (χ0) is 22.7. The minimum Gasteiger partial charge on any atom is -0.452 e. The summed E-state index contributed by atoms with van der Waals surface area (Å²) < 4.78 is 6.31. The molecule has 0 aliphatic carbocycles. The topological polar surface area (TPSA) is 68.3 Å². The number of ether oxygens (including phenoxy) is 1. The molecule has 5 nitrogen and oxygen atoms in total. The van der Waals surface area contributed by atoms with Crippen molar-refractivity contribution < 1.29 is 14.3 Å². The first-order chi connectivity index (χ1) is 15.4. The van der Waals surface area contributed by atoms with Crippen LogP contribution in [0.4, 0.5) is 5.69 Å². The average Bonchev–Trinajstić information content (AvgIpc) is 2.79. The first-order valence-corrected chi connectivity index (χ1v) is 10.9. The van der Waals surface area contributed by atoms with Gasteiger partial charge in [-0.15, -0.1) is 0 Å². The molecule has 3 aromatic carbocycles. The van der Waals surface area contributed by atoms with Gasteiger partial charge in [-0.25, -0.2) is 9.78 Å². The zero-order valence-corrected chi connectivity index (χ0v) is 19.3. The van der Waals surface area contributed by atoms with Gasteiger partial charge in [0.25, 0.3) is 5.91 Å². The SMILES string of the molecule is Cc1ccc(-c2nc3ccccc3c(C(=O)OCC(=O)Nc3ccc(Br)cc3)c2C)cc1. The molecule has 6 heteroatoms. The predicted octanol–water partition coefficient (Wildman–Crippen LogP) is 6.08. The molecule has 32 heavy (non-hydrogen) atoms. The van der Waals surface area contributed by atoms with Crippen LogP contribution < -0.4 is 5.32 Å². The lowest BCUT2D eigenvalue weighted by molar-refractivity contribution is -0.119. The molecular weight excluding hydrogens is 468 g/mol. The van der Waals surface area contributed by atoms with Crippen molar-refractivity contribution in [3.8, 4) is 11.3 Å². The van der Waals surface area contributed by atoms with E-state index >= 15 is 0 Å². The Balaban J connectivity index is 1.61. The molecule has 0 spiro atoms. The Morgan fingerprint density at radius 2 is 1.62 bits per heavy atom. The number of benzene rings is 3. The third kappa shape index (κ3) is 4.70. The standard InChI is InChI=1S/C26H21BrN2O3/c1-16-7-9-18(10-8-16)25-17(2)24(21-5-3-4-6-22(21)29-25)26(31)32-15-23(30)28-20-13-11-19(27)12-14-20/h3-14H,15H2,1-2H3,(H,28,30). The zero-order valence-electron chi connectivity index (χ0n) is 17.7. The van der Waals surface area contributed by atoms with Gasteiger partial charge in [-0.1, -0.05) is 64.0 Å². The van der Waals surface area contributed by atoms with Crippen LogP contribution in [0, 0.1) is 13.8 Å². The Bertz CT molecular complexity index is 1300. The summed E-state index contributed by atoms with van der Waals surface area (Å²) in [4.78, 5) is 30.2. The quantitative estimate of drug-likeness (QED) is 0.345. The molecule has 1 N–H and O–H groups in total. The van der Waals surface area contributed by atoms with Gasteiger partial charge in [0.05, 0.1) is 16.8 Å². The molecular formula is C26H21BrN2O3. The fourth-order valence-electron chi connectivity index (χ4n) is 3.50. The van der Waals surface area contributed by atoms with Crippen LogP contribution in [0.25, 0.3) is 22.2 Å². The third-order valence-electron chi connectivity index (χ3n) is 5.13. The van der Waals surface area contributed by atoms with Gasteiger partial charge in [0.2, 0.25) is 0 Å². The predicted molar refractivity (Wildman–Crippen MR) is 130 cm³/mol. The lowest BCUT2D eigenvalue weighted by atomic mass is 9.97. The van der Waals surface area contributed by atoms with Crippen molar-refractivity contribution in [1.82, 2.24) is 4.98 Å². The summed E-state index contributed by atoms with van der Waals surface area (Å²) in [7, 11) is 0. The van der Waals surface area contributed by atoms with E-state index in [2.05, 4.69) is 21.2 Å². The van der Waals surface area contributed by atoms with Crippen molar-refractivity contribution in [2.24, 2.45) is 0 Å². The van der Waals surface area contributed by atoms with Gasteiger partial charge >= 0.3 is 5.97 Å². The second-order valence-corrected chi connectivity index (χ2v) is 8.39. The number of anilines is 1. The number of fused-ring (bicyclic) bond motifs is 1. The van der Waals surface area contributed by atoms with E-state index in [1.54, 1.807) is 12.1 Å². The van der Waals surface area contributed by atoms with Crippen molar-refractivity contribution in [3.63, 3.8) is 0 Å². The molecule has 0 unspecified atom stereocenters. The van der Waals surface area contributed by atoms with Gasteiger partial charge in [-0.05, 0) is 49.7 Å². The number of rotatable bonds is 5. The van der Waals surface area contributed by atoms with E-state index in [9.17, 15) is 9.59 Å².